The number of hydrogen-bond acceptors (Lipinski definition) is 5. The van der Waals surface area contributed by atoms with Crippen LogP contribution in [-0.4, -0.2) is 67.6 Å². The highest BCUT2D eigenvalue weighted by Gasteiger charge is 2.26. The van der Waals surface area contributed by atoms with Gasteiger partial charge in [0, 0.05) is 24.7 Å². The summed E-state index contributed by atoms with van der Waals surface area (Å²) < 4.78 is 18.9. The Morgan fingerprint density at radius 1 is 1.15 bits per heavy atom. The molecule has 10 heteroatoms. The minimum atomic E-state index is -0.731. The highest BCUT2D eigenvalue weighted by Crippen LogP contribution is 2.23. The zero-order chi connectivity index (χ0) is 24.5. The van der Waals surface area contributed by atoms with Crippen molar-refractivity contribution in [2.75, 3.05) is 44.9 Å². The molecule has 0 unspecified atom stereocenters. The van der Waals surface area contributed by atoms with Gasteiger partial charge in [-0.1, -0.05) is 35.3 Å². The Morgan fingerprint density at radius 3 is 2.50 bits per heavy atom. The summed E-state index contributed by atoms with van der Waals surface area (Å²) in [6.45, 7) is 2.93. The first kappa shape index (κ1) is 26.8. The fraction of sp³-hybridized carbons (Fsp3) is 0.417. The maximum absolute atomic E-state index is 13.5. The normalized spacial score (nSPS) is 16.0. The van der Waals surface area contributed by atoms with E-state index in [0.717, 1.165) is 5.56 Å². The molecule has 2 N–H and O–H groups in total. The molecule has 3 rings (SSSR count). The Balaban J connectivity index is 1.70. The van der Waals surface area contributed by atoms with Crippen molar-refractivity contribution < 1.29 is 18.7 Å². The quantitative estimate of drug-likeness (QED) is 0.485. The number of morpholine rings is 1. The summed E-state index contributed by atoms with van der Waals surface area (Å²) in [5.74, 6) is -0.342. The van der Waals surface area contributed by atoms with E-state index in [4.69, 9.17) is 27.9 Å². The van der Waals surface area contributed by atoms with Crippen LogP contribution in [0.25, 0.3) is 0 Å². The molecule has 2 aromatic rings. The molecule has 1 saturated heterocycles. The van der Waals surface area contributed by atoms with Gasteiger partial charge in [-0.25, -0.2) is 4.39 Å². The molecule has 2 atom stereocenters. The molecule has 2 amide bonds. The number of thioether (sulfide) groups is 1. The predicted molar refractivity (Wildman–Crippen MR) is 135 cm³/mol. The van der Waals surface area contributed by atoms with Gasteiger partial charge in [0.1, 0.15) is 11.9 Å². The first-order valence-corrected chi connectivity index (χ1v) is 13.1. The van der Waals surface area contributed by atoms with Gasteiger partial charge >= 0.3 is 0 Å². The molecular formula is C24H28Cl2FN3O3S. The SMILES string of the molecule is CSCC[C@H](NC(=O)c1ccc(Cl)cc1Cl)C(=O)NC[C@H](c1ccc(F)cc1)N1CCOCC1. The third-order valence-corrected chi connectivity index (χ3v) is 6.81. The van der Waals surface area contributed by atoms with Crippen LogP contribution in [0.1, 0.15) is 28.4 Å². The summed E-state index contributed by atoms with van der Waals surface area (Å²) in [5, 5.41) is 6.44. The first-order valence-electron chi connectivity index (χ1n) is 11.0. The van der Waals surface area contributed by atoms with Crippen LogP contribution in [0.5, 0.6) is 0 Å². The summed E-state index contributed by atoms with van der Waals surface area (Å²) in [6, 6.07) is 10.0. The van der Waals surface area contributed by atoms with Gasteiger partial charge in [0.05, 0.1) is 29.8 Å². The van der Waals surface area contributed by atoms with E-state index in [1.54, 1.807) is 30.0 Å². The Morgan fingerprint density at radius 2 is 1.85 bits per heavy atom. The Kier molecular flexibility index (Phi) is 10.5. The van der Waals surface area contributed by atoms with Gasteiger partial charge in [-0.05, 0) is 54.3 Å². The van der Waals surface area contributed by atoms with Crippen LogP contribution in [0.15, 0.2) is 42.5 Å². The average molecular weight is 528 g/mol. The molecule has 1 aliphatic rings. The molecule has 6 nitrogen and oxygen atoms in total. The fourth-order valence-electron chi connectivity index (χ4n) is 3.77. The van der Waals surface area contributed by atoms with E-state index in [1.165, 1.54) is 24.3 Å². The van der Waals surface area contributed by atoms with Crippen LogP contribution >= 0.6 is 35.0 Å². The van der Waals surface area contributed by atoms with Crippen molar-refractivity contribution in [1.29, 1.82) is 0 Å². The van der Waals surface area contributed by atoms with Crippen LogP contribution in [0.4, 0.5) is 4.39 Å². The molecule has 0 radical (unpaired) electrons. The molecule has 2 aromatic carbocycles. The summed E-state index contributed by atoms with van der Waals surface area (Å²) >= 11 is 13.7. The van der Waals surface area contributed by atoms with Gasteiger partial charge in [0.2, 0.25) is 5.91 Å². The van der Waals surface area contributed by atoms with Crippen LogP contribution in [0.2, 0.25) is 10.0 Å². The van der Waals surface area contributed by atoms with Crippen molar-refractivity contribution in [3.05, 3.63) is 69.5 Å². The van der Waals surface area contributed by atoms with Gasteiger partial charge < -0.3 is 15.4 Å². The number of hydrogen-bond donors (Lipinski definition) is 2. The van der Waals surface area contributed by atoms with E-state index in [9.17, 15) is 14.0 Å². The van der Waals surface area contributed by atoms with E-state index in [1.807, 2.05) is 6.26 Å². The molecule has 0 saturated carbocycles. The number of halogens is 3. The summed E-state index contributed by atoms with van der Waals surface area (Å²) in [7, 11) is 0. The monoisotopic (exact) mass is 527 g/mol. The number of ether oxygens (including phenoxy) is 1. The third-order valence-electron chi connectivity index (χ3n) is 5.62. The van der Waals surface area contributed by atoms with E-state index >= 15 is 0 Å². The van der Waals surface area contributed by atoms with Gasteiger partial charge in [-0.2, -0.15) is 11.8 Å². The van der Waals surface area contributed by atoms with Crippen molar-refractivity contribution >= 4 is 46.8 Å². The second-order valence-corrected chi connectivity index (χ2v) is 9.72. The van der Waals surface area contributed by atoms with Crippen LogP contribution in [0.3, 0.4) is 0 Å². The number of carbonyl (C=O) groups excluding carboxylic acids is 2. The van der Waals surface area contributed by atoms with Crippen molar-refractivity contribution in [1.82, 2.24) is 15.5 Å². The molecule has 1 aliphatic heterocycles. The number of benzene rings is 2. The summed E-state index contributed by atoms with van der Waals surface area (Å²) in [6.07, 6.45) is 2.40. The number of nitrogens with zero attached hydrogens (tertiary/aromatic N) is 1. The Labute approximate surface area is 213 Å². The van der Waals surface area contributed by atoms with Gasteiger partial charge in [-0.3, -0.25) is 14.5 Å². The second-order valence-electron chi connectivity index (χ2n) is 7.89. The van der Waals surface area contributed by atoms with E-state index in [-0.39, 0.29) is 28.4 Å². The largest absolute Gasteiger partial charge is 0.379 e. The lowest BCUT2D eigenvalue weighted by molar-refractivity contribution is -0.123. The maximum Gasteiger partial charge on any atom is 0.253 e. The highest BCUT2D eigenvalue weighted by atomic mass is 35.5. The van der Waals surface area contributed by atoms with Gasteiger partial charge in [0.15, 0.2) is 0 Å². The molecular weight excluding hydrogens is 500 g/mol. The van der Waals surface area contributed by atoms with Crippen LogP contribution < -0.4 is 10.6 Å². The fourth-order valence-corrected chi connectivity index (χ4v) is 4.73. The number of carbonyl (C=O) groups is 2. The van der Waals surface area contributed by atoms with Crippen LogP contribution in [-0.2, 0) is 9.53 Å². The molecule has 0 bridgehead atoms. The second kappa shape index (κ2) is 13.3. The lowest BCUT2D eigenvalue weighted by Gasteiger charge is -2.35. The lowest BCUT2D eigenvalue weighted by atomic mass is 10.0. The number of rotatable bonds is 10. The van der Waals surface area contributed by atoms with Gasteiger partial charge in [0.25, 0.3) is 5.91 Å². The third kappa shape index (κ3) is 7.58. The first-order chi connectivity index (χ1) is 16.4. The summed E-state index contributed by atoms with van der Waals surface area (Å²) in [5.41, 5.74) is 1.16. The summed E-state index contributed by atoms with van der Waals surface area (Å²) in [4.78, 5) is 28.2. The zero-order valence-corrected chi connectivity index (χ0v) is 21.2. The maximum atomic E-state index is 13.5. The van der Waals surface area contributed by atoms with Crippen molar-refractivity contribution in [2.24, 2.45) is 0 Å². The lowest BCUT2D eigenvalue weighted by Crippen LogP contribution is -2.50. The molecule has 0 aliphatic carbocycles. The van der Waals surface area contributed by atoms with Crippen molar-refractivity contribution in [3.8, 4) is 0 Å². The molecule has 184 valence electrons. The van der Waals surface area contributed by atoms with Crippen LogP contribution in [0, 0.1) is 5.82 Å². The van der Waals surface area contributed by atoms with E-state index < -0.39 is 11.9 Å². The predicted octanol–water partition coefficient (Wildman–Crippen LogP) is 4.17. The smallest absolute Gasteiger partial charge is 0.253 e. The average Bonchev–Trinajstić information content (AvgIpc) is 2.83. The molecule has 0 spiro atoms. The van der Waals surface area contributed by atoms with E-state index in [2.05, 4.69) is 15.5 Å². The minimum absolute atomic E-state index is 0.143. The minimum Gasteiger partial charge on any atom is -0.379 e. The Hall–Kier alpha value is -1.84. The zero-order valence-electron chi connectivity index (χ0n) is 18.9. The number of nitrogens with one attached hydrogen (secondary N) is 2. The van der Waals surface area contributed by atoms with Crippen molar-refractivity contribution in [2.45, 2.75) is 18.5 Å². The number of amides is 2. The van der Waals surface area contributed by atoms with Crippen molar-refractivity contribution in [3.63, 3.8) is 0 Å². The highest BCUT2D eigenvalue weighted by molar-refractivity contribution is 7.98. The molecule has 34 heavy (non-hydrogen) atoms. The van der Waals surface area contributed by atoms with E-state index in [0.29, 0.717) is 50.0 Å². The molecule has 0 aromatic heterocycles. The standard InChI is InChI=1S/C24H28Cl2FN3O3S/c1-34-13-8-21(29-23(31)19-7-4-17(25)14-20(19)26)24(32)28-15-22(30-9-11-33-12-10-30)16-2-5-18(27)6-3-16/h2-7,14,21-22H,8-13,15H2,1H3,(H,28,32)(H,29,31)/t21-,22+/m0/s1. The van der Waals surface area contributed by atoms with Gasteiger partial charge in [-0.15, -0.1) is 0 Å². The Bertz CT molecular complexity index is 974. The topological polar surface area (TPSA) is 70.7 Å². The molecule has 1 fully saturated rings. The molecule has 1 heterocycles.